The predicted molar refractivity (Wildman–Crippen MR) is 69.4 cm³/mol. The van der Waals surface area contributed by atoms with Crippen molar-refractivity contribution in [3.05, 3.63) is 21.3 Å². The Labute approximate surface area is 110 Å². The van der Waals surface area contributed by atoms with Gasteiger partial charge in [-0.1, -0.05) is 11.6 Å². The number of hydrogen-bond donors (Lipinski definition) is 1. The Bertz CT molecular complexity index is 388. The summed E-state index contributed by atoms with van der Waals surface area (Å²) in [7, 11) is 0. The summed E-state index contributed by atoms with van der Waals surface area (Å²) in [5.74, 6) is 0.229. The third-order valence-electron chi connectivity index (χ3n) is 2.97. The summed E-state index contributed by atoms with van der Waals surface area (Å²) in [4.78, 5) is 13.1. The van der Waals surface area contributed by atoms with Crippen LogP contribution in [-0.4, -0.2) is 19.1 Å². The van der Waals surface area contributed by atoms with E-state index in [0.29, 0.717) is 13.2 Å². The van der Waals surface area contributed by atoms with Gasteiger partial charge in [-0.05, 0) is 31.9 Å². The van der Waals surface area contributed by atoms with Crippen LogP contribution in [0.3, 0.4) is 0 Å². The van der Waals surface area contributed by atoms with E-state index in [-0.39, 0.29) is 17.9 Å². The van der Waals surface area contributed by atoms with Crippen LogP contribution in [0.15, 0.2) is 12.1 Å². The van der Waals surface area contributed by atoms with Gasteiger partial charge in [-0.25, -0.2) is 0 Å². The lowest BCUT2D eigenvalue weighted by Crippen LogP contribution is -2.35. The Balaban J connectivity index is 1.89. The van der Waals surface area contributed by atoms with Crippen LogP contribution >= 0.6 is 22.9 Å². The molecular weight excluding hydrogens is 258 g/mol. The monoisotopic (exact) mass is 273 g/mol. The molecule has 0 radical (unpaired) electrons. The van der Waals surface area contributed by atoms with Crippen LogP contribution in [0.2, 0.25) is 4.34 Å². The maximum atomic E-state index is 12.0. The van der Waals surface area contributed by atoms with E-state index >= 15 is 0 Å². The highest BCUT2D eigenvalue weighted by atomic mass is 35.5. The van der Waals surface area contributed by atoms with E-state index in [1.54, 1.807) is 0 Å². The fourth-order valence-electron chi connectivity index (χ4n) is 1.92. The average molecular weight is 274 g/mol. The minimum atomic E-state index is 0.0304. The molecule has 94 valence electrons. The fourth-order valence-corrected chi connectivity index (χ4v) is 2.99. The Morgan fingerprint density at radius 1 is 1.53 bits per heavy atom. The molecule has 2 rings (SSSR count). The van der Waals surface area contributed by atoms with E-state index in [4.69, 9.17) is 16.3 Å². The number of carbonyl (C=O) groups excluding carboxylic acids is 1. The van der Waals surface area contributed by atoms with Crippen molar-refractivity contribution in [2.24, 2.45) is 5.92 Å². The lowest BCUT2D eigenvalue weighted by atomic mass is 9.99. The second-order valence-electron chi connectivity index (χ2n) is 4.26. The number of amides is 1. The topological polar surface area (TPSA) is 38.3 Å². The Hall–Kier alpha value is -0.580. The van der Waals surface area contributed by atoms with Crippen LogP contribution in [0.1, 0.15) is 30.7 Å². The largest absolute Gasteiger partial charge is 0.381 e. The number of halogens is 1. The molecule has 1 aromatic rings. The molecule has 1 aliphatic heterocycles. The summed E-state index contributed by atoms with van der Waals surface area (Å²) in [6.07, 6.45) is 1.65. The highest BCUT2D eigenvalue weighted by molar-refractivity contribution is 7.16. The van der Waals surface area contributed by atoms with Gasteiger partial charge in [0.25, 0.3) is 0 Å². The molecule has 0 spiro atoms. The molecule has 3 nitrogen and oxygen atoms in total. The third kappa shape index (κ3) is 3.44. The third-order valence-corrected chi connectivity index (χ3v) is 4.39. The molecule has 1 saturated heterocycles. The van der Waals surface area contributed by atoms with Gasteiger partial charge in [-0.2, -0.15) is 0 Å². The van der Waals surface area contributed by atoms with E-state index in [1.807, 2.05) is 19.1 Å². The first-order valence-corrected chi connectivity index (χ1v) is 6.99. The summed E-state index contributed by atoms with van der Waals surface area (Å²) < 4.78 is 6.00. The molecule has 1 N–H and O–H groups in total. The molecule has 0 unspecified atom stereocenters. The minimum absolute atomic E-state index is 0.0304. The summed E-state index contributed by atoms with van der Waals surface area (Å²) in [5, 5.41) is 3.04. The van der Waals surface area contributed by atoms with Crippen LogP contribution in [-0.2, 0) is 9.53 Å². The molecule has 0 saturated carbocycles. The van der Waals surface area contributed by atoms with Crippen molar-refractivity contribution < 1.29 is 9.53 Å². The summed E-state index contributed by atoms with van der Waals surface area (Å²) in [5.41, 5.74) is 0. The van der Waals surface area contributed by atoms with Crippen molar-refractivity contribution in [2.45, 2.75) is 25.8 Å². The van der Waals surface area contributed by atoms with Crippen LogP contribution in [0.25, 0.3) is 0 Å². The predicted octanol–water partition coefficient (Wildman–Crippen LogP) is 3.01. The van der Waals surface area contributed by atoms with Crippen molar-refractivity contribution in [2.75, 3.05) is 13.2 Å². The molecule has 0 aromatic carbocycles. The second kappa shape index (κ2) is 5.85. The van der Waals surface area contributed by atoms with Gasteiger partial charge in [0.1, 0.15) is 0 Å². The standard InChI is InChI=1S/C12H16ClNO2S/c1-8(10-2-3-11(13)17-10)14-12(15)9-4-6-16-7-5-9/h2-3,8-9H,4-7H2,1H3,(H,14,15)/t8-/m0/s1. The zero-order chi connectivity index (χ0) is 12.3. The van der Waals surface area contributed by atoms with Crippen molar-refractivity contribution in [3.8, 4) is 0 Å². The molecule has 0 bridgehead atoms. The normalized spacial score (nSPS) is 18.9. The van der Waals surface area contributed by atoms with E-state index in [9.17, 15) is 4.79 Å². The molecular formula is C12H16ClNO2S. The second-order valence-corrected chi connectivity index (χ2v) is 6.01. The van der Waals surface area contributed by atoms with Gasteiger partial charge in [-0.15, -0.1) is 11.3 Å². The van der Waals surface area contributed by atoms with Gasteiger partial charge < -0.3 is 10.1 Å². The number of carbonyl (C=O) groups is 1. The van der Waals surface area contributed by atoms with Crippen molar-refractivity contribution in [1.29, 1.82) is 0 Å². The molecule has 17 heavy (non-hydrogen) atoms. The summed E-state index contributed by atoms with van der Waals surface area (Å²) >= 11 is 7.39. The lowest BCUT2D eigenvalue weighted by molar-refractivity contribution is -0.128. The molecule has 1 amide bonds. The zero-order valence-electron chi connectivity index (χ0n) is 9.74. The van der Waals surface area contributed by atoms with Crippen LogP contribution in [0.5, 0.6) is 0 Å². The average Bonchev–Trinajstić information content (AvgIpc) is 2.77. The lowest BCUT2D eigenvalue weighted by Gasteiger charge is -2.23. The fraction of sp³-hybridized carbons (Fsp3) is 0.583. The van der Waals surface area contributed by atoms with Gasteiger partial charge in [-0.3, -0.25) is 4.79 Å². The Morgan fingerprint density at radius 3 is 2.82 bits per heavy atom. The quantitative estimate of drug-likeness (QED) is 0.919. The maximum Gasteiger partial charge on any atom is 0.223 e. The molecule has 0 aliphatic carbocycles. The first kappa shape index (κ1) is 12.9. The smallest absolute Gasteiger partial charge is 0.223 e. The maximum absolute atomic E-state index is 12.0. The van der Waals surface area contributed by atoms with Crippen molar-refractivity contribution >= 4 is 28.8 Å². The number of nitrogens with one attached hydrogen (secondary N) is 1. The highest BCUT2D eigenvalue weighted by Gasteiger charge is 2.23. The minimum Gasteiger partial charge on any atom is -0.381 e. The molecule has 5 heteroatoms. The Morgan fingerprint density at radius 2 is 2.24 bits per heavy atom. The summed E-state index contributed by atoms with van der Waals surface area (Å²) in [6.45, 7) is 3.37. The first-order chi connectivity index (χ1) is 8.16. The van der Waals surface area contributed by atoms with Gasteiger partial charge in [0.05, 0.1) is 10.4 Å². The number of thiophene rings is 1. The van der Waals surface area contributed by atoms with Gasteiger partial charge in [0.2, 0.25) is 5.91 Å². The van der Waals surface area contributed by atoms with Gasteiger partial charge in [0.15, 0.2) is 0 Å². The van der Waals surface area contributed by atoms with E-state index in [2.05, 4.69) is 5.32 Å². The van der Waals surface area contributed by atoms with Crippen molar-refractivity contribution in [1.82, 2.24) is 5.32 Å². The van der Waals surface area contributed by atoms with Gasteiger partial charge >= 0.3 is 0 Å². The highest BCUT2D eigenvalue weighted by Crippen LogP contribution is 2.27. The van der Waals surface area contributed by atoms with E-state index in [1.165, 1.54) is 11.3 Å². The van der Waals surface area contributed by atoms with Crippen LogP contribution < -0.4 is 5.32 Å². The van der Waals surface area contributed by atoms with Gasteiger partial charge in [0, 0.05) is 24.0 Å². The zero-order valence-corrected chi connectivity index (χ0v) is 11.3. The summed E-state index contributed by atoms with van der Waals surface area (Å²) in [6, 6.07) is 3.85. The molecule has 1 aliphatic rings. The van der Waals surface area contributed by atoms with E-state index in [0.717, 1.165) is 22.1 Å². The van der Waals surface area contributed by atoms with Crippen LogP contribution in [0.4, 0.5) is 0 Å². The molecule has 1 atom stereocenters. The van der Waals surface area contributed by atoms with E-state index < -0.39 is 0 Å². The molecule has 1 fully saturated rings. The van der Waals surface area contributed by atoms with Crippen molar-refractivity contribution in [3.63, 3.8) is 0 Å². The molecule has 2 heterocycles. The first-order valence-electron chi connectivity index (χ1n) is 5.80. The van der Waals surface area contributed by atoms with Crippen LogP contribution in [0, 0.1) is 5.92 Å². The molecule has 1 aromatic heterocycles. The number of rotatable bonds is 3. The SMILES string of the molecule is C[C@H](NC(=O)C1CCOCC1)c1ccc(Cl)s1. The number of ether oxygens (including phenoxy) is 1. The number of hydrogen-bond acceptors (Lipinski definition) is 3. The Kier molecular flexibility index (Phi) is 4.42.